The molecule has 0 radical (unpaired) electrons. The van der Waals surface area contributed by atoms with Crippen LogP contribution in [0.15, 0.2) is 40.1 Å². The molecule has 4 heterocycles. The molecule has 0 aliphatic carbocycles. The Bertz CT molecular complexity index is 987. The van der Waals surface area contributed by atoms with Gasteiger partial charge in [-0.15, -0.1) is 16.4 Å². The van der Waals surface area contributed by atoms with Crippen LogP contribution in [0.1, 0.15) is 16.2 Å². The molecule has 114 valence electrons. The maximum atomic E-state index is 12.2. The monoisotopic (exact) mass is 325 g/mol. The second-order valence-electron chi connectivity index (χ2n) is 4.89. The van der Waals surface area contributed by atoms with Crippen LogP contribution in [0.25, 0.3) is 21.8 Å². The van der Waals surface area contributed by atoms with Gasteiger partial charge in [-0.25, -0.2) is 4.98 Å². The van der Waals surface area contributed by atoms with Gasteiger partial charge in [0.05, 0.1) is 4.88 Å². The molecule has 0 spiro atoms. The molecule has 0 unspecified atom stereocenters. The lowest BCUT2D eigenvalue weighted by molar-refractivity contribution is 0.0998. The SMILES string of the molecule is Cc1ccc2oc(C(=O)Nc3n[nH]c(-c4cccs4)n3)cc2n1. The first-order valence-corrected chi connectivity index (χ1v) is 7.72. The summed E-state index contributed by atoms with van der Waals surface area (Å²) < 4.78 is 5.50. The van der Waals surface area contributed by atoms with E-state index in [4.69, 9.17) is 4.42 Å². The maximum Gasteiger partial charge on any atom is 0.293 e. The van der Waals surface area contributed by atoms with E-state index < -0.39 is 5.91 Å². The molecule has 0 saturated heterocycles. The molecule has 0 fully saturated rings. The number of H-pyrrole nitrogens is 1. The quantitative estimate of drug-likeness (QED) is 0.603. The molecule has 2 N–H and O–H groups in total. The zero-order valence-electron chi connectivity index (χ0n) is 12.0. The number of hydrogen-bond acceptors (Lipinski definition) is 6. The van der Waals surface area contributed by atoms with E-state index in [0.29, 0.717) is 16.9 Å². The Kier molecular flexibility index (Phi) is 3.16. The van der Waals surface area contributed by atoms with E-state index in [0.717, 1.165) is 10.6 Å². The van der Waals surface area contributed by atoms with Crippen LogP contribution in [0.2, 0.25) is 0 Å². The molecule has 0 aliphatic rings. The van der Waals surface area contributed by atoms with E-state index >= 15 is 0 Å². The number of nitrogens with one attached hydrogen (secondary N) is 2. The number of fused-ring (bicyclic) bond motifs is 1. The molecule has 8 heteroatoms. The van der Waals surface area contributed by atoms with Gasteiger partial charge in [-0.2, -0.15) is 4.98 Å². The zero-order valence-corrected chi connectivity index (χ0v) is 12.8. The van der Waals surface area contributed by atoms with Gasteiger partial charge in [-0.1, -0.05) is 6.07 Å². The number of pyridine rings is 1. The van der Waals surface area contributed by atoms with Crippen molar-refractivity contribution >= 4 is 34.3 Å². The summed E-state index contributed by atoms with van der Waals surface area (Å²) in [6.07, 6.45) is 0. The summed E-state index contributed by atoms with van der Waals surface area (Å²) in [5.74, 6) is 0.554. The highest BCUT2D eigenvalue weighted by Gasteiger charge is 2.16. The van der Waals surface area contributed by atoms with Gasteiger partial charge in [0.15, 0.2) is 17.2 Å². The van der Waals surface area contributed by atoms with E-state index in [2.05, 4.69) is 25.5 Å². The lowest BCUT2D eigenvalue weighted by Crippen LogP contribution is -2.11. The van der Waals surface area contributed by atoms with Crippen LogP contribution in [-0.2, 0) is 0 Å². The summed E-state index contributed by atoms with van der Waals surface area (Å²) >= 11 is 1.54. The van der Waals surface area contributed by atoms with Crippen LogP contribution in [0.5, 0.6) is 0 Å². The first-order valence-electron chi connectivity index (χ1n) is 6.84. The highest BCUT2D eigenvalue weighted by Crippen LogP contribution is 2.22. The third-order valence-electron chi connectivity index (χ3n) is 3.20. The van der Waals surface area contributed by atoms with Crippen LogP contribution < -0.4 is 5.32 Å². The molecular formula is C15H11N5O2S. The highest BCUT2D eigenvalue weighted by atomic mass is 32.1. The van der Waals surface area contributed by atoms with Gasteiger partial charge in [0.1, 0.15) is 5.52 Å². The third-order valence-corrected chi connectivity index (χ3v) is 4.08. The standard InChI is InChI=1S/C15H11N5O2S/c1-8-4-5-10-9(16-8)7-11(22-10)14(21)18-15-17-13(19-20-15)12-3-2-6-23-12/h2-7H,1H3,(H2,17,18,19,20,21). The molecule has 23 heavy (non-hydrogen) atoms. The normalized spacial score (nSPS) is 11.0. The number of rotatable bonds is 3. The van der Waals surface area contributed by atoms with E-state index in [1.807, 2.05) is 30.5 Å². The van der Waals surface area contributed by atoms with Crippen LogP contribution in [0.3, 0.4) is 0 Å². The summed E-state index contributed by atoms with van der Waals surface area (Å²) in [7, 11) is 0. The molecule has 0 atom stereocenters. The molecule has 0 aliphatic heterocycles. The minimum Gasteiger partial charge on any atom is -0.449 e. The first-order chi connectivity index (χ1) is 11.2. The predicted octanol–water partition coefficient (Wildman–Crippen LogP) is 3.24. The molecule has 0 bridgehead atoms. The average Bonchev–Trinajstić information content (AvgIpc) is 3.26. The molecule has 4 aromatic heterocycles. The number of carbonyl (C=O) groups excluding carboxylic acids is 1. The number of thiophene rings is 1. The van der Waals surface area contributed by atoms with Crippen LogP contribution in [0, 0.1) is 6.92 Å². The van der Waals surface area contributed by atoms with Crippen molar-refractivity contribution in [2.45, 2.75) is 6.92 Å². The number of furan rings is 1. The van der Waals surface area contributed by atoms with Crippen LogP contribution in [-0.4, -0.2) is 26.1 Å². The van der Waals surface area contributed by atoms with Crippen molar-refractivity contribution in [3.63, 3.8) is 0 Å². The molecule has 7 nitrogen and oxygen atoms in total. The summed E-state index contributed by atoms with van der Waals surface area (Å²) in [6.45, 7) is 1.88. The molecule has 0 aromatic carbocycles. The maximum absolute atomic E-state index is 12.2. The van der Waals surface area contributed by atoms with Crippen molar-refractivity contribution in [2.75, 3.05) is 5.32 Å². The van der Waals surface area contributed by atoms with E-state index in [-0.39, 0.29) is 11.7 Å². The fourth-order valence-corrected chi connectivity index (χ4v) is 2.81. The van der Waals surface area contributed by atoms with Gasteiger partial charge >= 0.3 is 0 Å². The second kappa shape index (κ2) is 5.33. The Morgan fingerprint density at radius 2 is 2.22 bits per heavy atom. The molecular weight excluding hydrogens is 314 g/mol. The Hall–Kier alpha value is -3.00. The fraction of sp³-hybridized carbons (Fsp3) is 0.0667. The average molecular weight is 325 g/mol. The molecule has 4 rings (SSSR count). The topological polar surface area (TPSA) is 96.7 Å². The minimum atomic E-state index is -0.419. The lowest BCUT2D eigenvalue weighted by atomic mass is 10.3. The Labute approximate surface area is 134 Å². The number of aromatic nitrogens is 4. The predicted molar refractivity (Wildman–Crippen MR) is 86.4 cm³/mol. The Morgan fingerprint density at radius 3 is 3.04 bits per heavy atom. The number of nitrogens with zero attached hydrogens (tertiary/aromatic N) is 3. The van der Waals surface area contributed by atoms with Gasteiger partial charge in [0, 0.05) is 11.8 Å². The van der Waals surface area contributed by atoms with E-state index in [9.17, 15) is 4.79 Å². The number of hydrogen-bond donors (Lipinski definition) is 2. The van der Waals surface area contributed by atoms with Crippen LogP contribution >= 0.6 is 11.3 Å². The fourth-order valence-electron chi connectivity index (χ4n) is 2.14. The molecule has 0 saturated carbocycles. The number of carbonyl (C=O) groups is 1. The van der Waals surface area contributed by atoms with Crippen molar-refractivity contribution in [3.05, 3.63) is 47.2 Å². The molecule has 4 aromatic rings. The van der Waals surface area contributed by atoms with Crippen molar-refractivity contribution in [3.8, 4) is 10.7 Å². The Morgan fingerprint density at radius 1 is 1.30 bits per heavy atom. The van der Waals surface area contributed by atoms with Gasteiger partial charge in [0.25, 0.3) is 5.91 Å². The van der Waals surface area contributed by atoms with Crippen molar-refractivity contribution in [1.29, 1.82) is 0 Å². The number of aromatic amines is 1. The smallest absolute Gasteiger partial charge is 0.293 e. The molecule has 1 amide bonds. The first kappa shape index (κ1) is 13.6. The van der Waals surface area contributed by atoms with Crippen LogP contribution in [0.4, 0.5) is 5.95 Å². The van der Waals surface area contributed by atoms with E-state index in [1.54, 1.807) is 12.1 Å². The Balaban J connectivity index is 1.57. The third kappa shape index (κ3) is 2.59. The summed E-state index contributed by atoms with van der Waals surface area (Å²) in [6, 6.07) is 9.06. The van der Waals surface area contributed by atoms with Crippen molar-refractivity contribution < 1.29 is 9.21 Å². The van der Waals surface area contributed by atoms with Crippen molar-refractivity contribution in [2.24, 2.45) is 0 Å². The summed E-state index contributed by atoms with van der Waals surface area (Å²) in [4.78, 5) is 21.7. The number of amides is 1. The summed E-state index contributed by atoms with van der Waals surface area (Å²) in [5.41, 5.74) is 2.07. The van der Waals surface area contributed by atoms with E-state index in [1.165, 1.54) is 11.3 Å². The zero-order chi connectivity index (χ0) is 15.8. The minimum absolute atomic E-state index is 0.167. The largest absolute Gasteiger partial charge is 0.449 e. The highest BCUT2D eigenvalue weighted by molar-refractivity contribution is 7.13. The van der Waals surface area contributed by atoms with Crippen molar-refractivity contribution in [1.82, 2.24) is 20.2 Å². The van der Waals surface area contributed by atoms with Gasteiger partial charge in [-0.05, 0) is 30.5 Å². The second-order valence-corrected chi connectivity index (χ2v) is 5.83. The van der Waals surface area contributed by atoms with Gasteiger partial charge < -0.3 is 4.42 Å². The lowest BCUT2D eigenvalue weighted by Gasteiger charge is -1.95. The number of anilines is 1. The summed E-state index contributed by atoms with van der Waals surface area (Å²) in [5, 5.41) is 11.3. The number of aryl methyl sites for hydroxylation is 1. The van der Waals surface area contributed by atoms with Gasteiger partial charge in [-0.3, -0.25) is 15.2 Å². The van der Waals surface area contributed by atoms with Gasteiger partial charge in [0.2, 0.25) is 5.95 Å².